The zero-order valence-electron chi connectivity index (χ0n) is 17.1. The van der Waals surface area contributed by atoms with Crippen molar-refractivity contribution in [2.24, 2.45) is 0 Å². The molecule has 1 aromatic heterocycles. The Balaban J connectivity index is 1.72. The molecular formula is C22H30N4O2. The lowest BCUT2D eigenvalue weighted by atomic mass is 10.0. The van der Waals surface area contributed by atoms with Crippen molar-refractivity contribution >= 4 is 17.5 Å². The molecule has 28 heavy (non-hydrogen) atoms. The van der Waals surface area contributed by atoms with Crippen LogP contribution < -0.4 is 4.90 Å². The molecule has 2 aromatic rings. The third-order valence-electron chi connectivity index (χ3n) is 5.46. The number of nitrogens with zero attached hydrogens (tertiary/aromatic N) is 4. The van der Waals surface area contributed by atoms with E-state index in [-0.39, 0.29) is 24.4 Å². The zero-order valence-corrected chi connectivity index (χ0v) is 17.1. The van der Waals surface area contributed by atoms with E-state index >= 15 is 0 Å². The van der Waals surface area contributed by atoms with Crippen LogP contribution in [-0.4, -0.2) is 45.4 Å². The molecule has 0 N–H and O–H groups in total. The van der Waals surface area contributed by atoms with Crippen molar-refractivity contribution < 1.29 is 9.59 Å². The van der Waals surface area contributed by atoms with Crippen LogP contribution >= 0.6 is 0 Å². The van der Waals surface area contributed by atoms with Gasteiger partial charge in [0.1, 0.15) is 12.4 Å². The van der Waals surface area contributed by atoms with Crippen LogP contribution in [0.25, 0.3) is 0 Å². The quantitative estimate of drug-likeness (QED) is 0.738. The van der Waals surface area contributed by atoms with Crippen LogP contribution in [0.4, 0.5) is 5.69 Å². The normalized spacial score (nSPS) is 17.2. The van der Waals surface area contributed by atoms with Crippen molar-refractivity contribution in [3.8, 4) is 0 Å². The van der Waals surface area contributed by atoms with E-state index in [1.165, 1.54) is 0 Å². The average molecular weight is 383 g/mol. The van der Waals surface area contributed by atoms with Crippen LogP contribution in [0.3, 0.4) is 0 Å². The van der Waals surface area contributed by atoms with Gasteiger partial charge in [0.2, 0.25) is 11.8 Å². The Bertz CT molecular complexity index is 829. The van der Waals surface area contributed by atoms with E-state index in [9.17, 15) is 9.59 Å². The van der Waals surface area contributed by atoms with E-state index in [1.807, 2.05) is 53.8 Å². The number of aromatic nitrogens is 2. The third kappa shape index (κ3) is 4.61. The molecule has 0 spiro atoms. The summed E-state index contributed by atoms with van der Waals surface area (Å²) in [5.74, 6) is 0.938. The number of anilines is 1. The number of rotatable bonds is 7. The highest BCUT2D eigenvalue weighted by molar-refractivity contribution is 5.98. The SMILES string of the molecule is CCCC[C@H]1CN(c2cccc(C)c2)C(=O)CN1C(=O)CCn1ccnc1C. The number of hydrogen-bond acceptors (Lipinski definition) is 3. The molecule has 1 aromatic carbocycles. The molecule has 0 radical (unpaired) electrons. The largest absolute Gasteiger partial charge is 0.335 e. The Labute approximate surface area is 167 Å². The summed E-state index contributed by atoms with van der Waals surface area (Å²) in [5, 5.41) is 0. The van der Waals surface area contributed by atoms with Crippen molar-refractivity contribution in [2.75, 3.05) is 18.0 Å². The number of piperazine rings is 1. The van der Waals surface area contributed by atoms with Crippen molar-refractivity contribution in [2.45, 2.75) is 59.0 Å². The van der Waals surface area contributed by atoms with E-state index < -0.39 is 0 Å². The molecule has 150 valence electrons. The molecule has 0 unspecified atom stereocenters. The maximum absolute atomic E-state index is 12.9. The number of imidazole rings is 1. The van der Waals surface area contributed by atoms with Crippen LogP contribution in [0, 0.1) is 13.8 Å². The van der Waals surface area contributed by atoms with Gasteiger partial charge in [0.15, 0.2) is 0 Å². The van der Waals surface area contributed by atoms with Crippen molar-refractivity contribution in [1.29, 1.82) is 0 Å². The molecule has 1 aliphatic heterocycles. The Hall–Kier alpha value is -2.63. The van der Waals surface area contributed by atoms with Gasteiger partial charge >= 0.3 is 0 Å². The molecule has 0 aliphatic carbocycles. The number of unbranched alkanes of at least 4 members (excludes halogenated alkanes) is 1. The highest BCUT2D eigenvalue weighted by Gasteiger charge is 2.35. The van der Waals surface area contributed by atoms with Gasteiger partial charge in [-0.1, -0.05) is 31.9 Å². The Morgan fingerprint density at radius 1 is 1.29 bits per heavy atom. The summed E-state index contributed by atoms with van der Waals surface area (Å²) in [6.45, 7) is 7.43. The standard InChI is InChI=1S/C22H30N4O2/c1-4-5-8-20-15-25(19-9-6-7-17(2)14-19)22(28)16-26(20)21(27)10-12-24-13-11-23-18(24)3/h6-7,9,11,13-14,20H,4-5,8,10,12,15-16H2,1-3H3/t20-/m0/s1. The number of amides is 2. The highest BCUT2D eigenvalue weighted by Crippen LogP contribution is 2.24. The van der Waals surface area contributed by atoms with Crippen LogP contribution in [0.2, 0.25) is 0 Å². The van der Waals surface area contributed by atoms with Gasteiger partial charge in [0.05, 0.1) is 6.04 Å². The summed E-state index contributed by atoms with van der Waals surface area (Å²) in [4.78, 5) is 33.6. The lowest BCUT2D eigenvalue weighted by Gasteiger charge is -2.41. The van der Waals surface area contributed by atoms with E-state index in [1.54, 1.807) is 11.1 Å². The topological polar surface area (TPSA) is 58.4 Å². The second kappa shape index (κ2) is 9.04. The first-order valence-electron chi connectivity index (χ1n) is 10.1. The number of carbonyl (C=O) groups excluding carboxylic acids is 2. The van der Waals surface area contributed by atoms with Gasteiger partial charge in [-0.25, -0.2) is 4.98 Å². The monoisotopic (exact) mass is 382 g/mol. The molecule has 1 fully saturated rings. The van der Waals surface area contributed by atoms with E-state index in [0.29, 0.717) is 19.5 Å². The fourth-order valence-electron chi connectivity index (χ4n) is 3.79. The summed E-state index contributed by atoms with van der Waals surface area (Å²) in [7, 11) is 0. The number of carbonyl (C=O) groups is 2. The zero-order chi connectivity index (χ0) is 20.1. The lowest BCUT2D eigenvalue weighted by Crippen LogP contribution is -2.58. The molecule has 1 aliphatic rings. The fraction of sp³-hybridized carbons (Fsp3) is 0.500. The molecule has 2 heterocycles. The minimum Gasteiger partial charge on any atom is -0.335 e. The van der Waals surface area contributed by atoms with Crippen molar-refractivity contribution in [1.82, 2.24) is 14.5 Å². The van der Waals surface area contributed by atoms with Crippen LogP contribution in [0.15, 0.2) is 36.7 Å². The van der Waals surface area contributed by atoms with Crippen molar-refractivity contribution in [3.63, 3.8) is 0 Å². The number of hydrogen-bond donors (Lipinski definition) is 0. The van der Waals surface area contributed by atoms with Crippen LogP contribution in [0.1, 0.15) is 44.0 Å². The first-order valence-corrected chi connectivity index (χ1v) is 10.1. The molecule has 6 nitrogen and oxygen atoms in total. The van der Waals surface area contributed by atoms with Crippen molar-refractivity contribution in [3.05, 3.63) is 48.0 Å². The van der Waals surface area contributed by atoms with E-state index in [4.69, 9.17) is 0 Å². The Kier molecular flexibility index (Phi) is 6.49. The molecule has 0 saturated carbocycles. The summed E-state index contributed by atoms with van der Waals surface area (Å²) < 4.78 is 1.98. The third-order valence-corrected chi connectivity index (χ3v) is 5.46. The first-order chi connectivity index (χ1) is 13.5. The first kappa shape index (κ1) is 20.1. The molecule has 6 heteroatoms. The van der Waals surface area contributed by atoms with Crippen LogP contribution in [-0.2, 0) is 16.1 Å². The summed E-state index contributed by atoms with van der Waals surface area (Å²) in [6.07, 6.45) is 7.06. The molecule has 1 atom stereocenters. The van der Waals surface area contributed by atoms with E-state index in [0.717, 1.165) is 36.3 Å². The highest BCUT2D eigenvalue weighted by atomic mass is 16.2. The second-order valence-corrected chi connectivity index (χ2v) is 7.58. The van der Waals surface area contributed by atoms with Gasteiger partial charge in [0.25, 0.3) is 0 Å². The summed E-state index contributed by atoms with van der Waals surface area (Å²) >= 11 is 0. The number of aryl methyl sites for hydroxylation is 3. The average Bonchev–Trinajstić information content (AvgIpc) is 3.09. The maximum atomic E-state index is 12.9. The molecule has 2 amide bonds. The Morgan fingerprint density at radius 3 is 2.79 bits per heavy atom. The maximum Gasteiger partial charge on any atom is 0.246 e. The predicted molar refractivity (Wildman–Crippen MR) is 110 cm³/mol. The Morgan fingerprint density at radius 2 is 2.11 bits per heavy atom. The number of benzene rings is 1. The summed E-state index contributed by atoms with van der Waals surface area (Å²) in [5.41, 5.74) is 2.05. The van der Waals surface area contributed by atoms with Gasteiger partial charge in [-0.05, 0) is 38.0 Å². The van der Waals surface area contributed by atoms with Gasteiger partial charge in [-0.2, -0.15) is 0 Å². The second-order valence-electron chi connectivity index (χ2n) is 7.58. The molecule has 3 rings (SSSR count). The minimum absolute atomic E-state index is 0.00879. The summed E-state index contributed by atoms with van der Waals surface area (Å²) in [6, 6.07) is 8.08. The van der Waals surface area contributed by atoms with E-state index in [2.05, 4.69) is 11.9 Å². The fourth-order valence-corrected chi connectivity index (χ4v) is 3.79. The molecule has 1 saturated heterocycles. The molecule has 0 bridgehead atoms. The van der Waals surface area contributed by atoms with Crippen LogP contribution in [0.5, 0.6) is 0 Å². The predicted octanol–water partition coefficient (Wildman–Crippen LogP) is 3.32. The van der Waals surface area contributed by atoms with Gasteiger partial charge < -0.3 is 14.4 Å². The smallest absolute Gasteiger partial charge is 0.246 e. The minimum atomic E-state index is -0.00879. The van der Waals surface area contributed by atoms with Gasteiger partial charge in [0, 0.05) is 37.6 Å². The van der Waals surface area contributed by atoms with Gasteiger partial charge in [-0.3, -0.25) is 9.59 Å². The van der Waals surface area contributed by atoms with Gasteiger partial charge in [-0.15, -0.1) is 0 Å². The lowest BCUT2D eigenvalue weighted by molar-refractivity contribution is -0.140. The molecular weight excluding hydrogens is 352 g/mol.